The van der Waals surface area contributed by atoms with Crippen LogP contribution in [0, 0.1) is 0 Å². The van der Waals surface area contributed by atoms with Gasteiger partial charge in [-0.15, -0.1) is 0 Å². The van der Waals surface area contributed by atoms with E-state index in [0.29, 0.717) is 19.5 Å². The molecule has 132 valence electrons. The summed E-state index contributed by atoms with van der Waals surface area (Å²) in [6, 6.07) is 7.38. The fourth-order valence-corrected chi connectivity index (χ4v) is 3.19. The van der Waals surface area contributed by atoms with Gasteiger partial charge in [-0.2, -0.15) is 0 Å². The molecule has 0 N–H and O–H groups in total. The zero-order chi connectivity index (χ0) is 17.9. The third-order valence-corrected chi connectivity index (χ3v) is 4.68. The average molecular weight is 397 g/mol. The van der Waals surface area contributed by atoms with Gasteiger partial charge in [0.05, 0.1) is 0 Å². The van der Waals surface area contributed by atoms with Gasteiger partial charge in [0, 0.05) is 24.6 Å². The molecule has 1 fully saturated rings. The molecular formula is C18H25BrN2O3. The van der Waals surface area contributed by atoms with Crippen LogP contribution in [0.4, 0.5) is 4.79 Å². The van der Waals surface area contributed by atoms with E-state index in [1.807, 2.05) is 45.0 Å². The molecule has 5 nitrogen and oxygen atoms in total. The Hall–Kier alpha value is -1.56. The Balaban J connectivity index is 2.04. The quantitative estimate of drug-likeness (QED) is 0.780. The van der Waals surface area contributed by atoms with E-state index in [0.717, 1.165) is 16.5 Å². The number of likely N-dealkylation sites (N-methyl/N-ethyl adjacent to an activating group) is 1. The van der Waals surface area contributed by atoms with Crippen molar-refractivity contribution in [2.75, 3.05) is 13.6 Å². The largest absolute Gasteiger partial charge is 0.444 e. The summed E-state index contributed by atoms with van der Waals surface area (Å²) in [7, 11) is 1.77. The van der Waals surface area contributed by atoms with Gasteiger partial charge in [0.2, 0.25) is 5.91 Å². The van der Waals surface area contributed by atoms with Crippen molar-refractivity contribution < 1.29 is 14.3 Å². The summed E-state index contributed by atoms with van der Waals surface area (Å²) in [6.45, 7) is 6.55. The molecule has 1 aliphatic rings. The molecule has 2 rings (SSSR count). The highest BCUT2D eigenvalue weighted by molar-refractivity contribution is 9.10. The van der Waals surface area contributed by atoms with E-state index in [1.165, 1.54) is 0 Å². The van der Waals surface area contributed by atoms with Crippen LogP contribution in [0.5, 0.6) is 0 Å². The minimum absolute atomic E-state index is 0.0471. The molecule has 0 bridgehead atoms. The summed E-state index contributed by atoms with van der Waals surface area (Å²) < 4.78 is 6.40. The lowest BCUT2D eigenvalue weighted by molar-refractivity contribution is -0.135. The first-order chi connectivity index (χ1) is 11.2. The normalized spacial score (nSPS) is 17.7. The van der Waals surface area contributed by atoms with E-state index >= 15 is 0 Å². The Morgan fingerprint density at radius 1 is 1.33 bits per heavy atom. The molecule has 6 heteroatoms. The van der Waals surface area contributed by atoms with Crippen LogP contribution in [0.15, 0.2) is 28.7 Å². The second-order valence-electron chi connectivity index (χ2n) is 7.12. The molecule has 0 spiro atoms. The highest BCUT2D eigenvalue weighted by Crippen LogP contribution is 2.24. The molecule has 1 aromatic carbocycles. The lowest BCUT2D eigenvalue weighted by atomic mass is 10.1. The molecule has 1 saturated heterocycles. The van der Waals surface area contributed by atoms with Crippen molar-refractivity contribution in [1.29, 1.82) is 0 Å². The van der Waals surface area contributed by atoms with Crippen molar-refractivity contribution in [3.8, 4) is 0 Å². The van der Waals surface area contributed by atoms with Crippen LogP contribution in [0.1, 0.15) is 39.2 Å². The summed E-state index contributed by atoms with van der Waals surface area (Å²) in [4.78, 5) is 28.4. The minimum atomic E-state index is -0.561. The maximum atomic E-state index is 12.8. The minimum Gasteiger partial charge on any atom is -0.444 e. The van der Waals surface area contributed by atoms with E-state index in [9.17, 15) is 9.59 Å². The van der Waals surface area contributed by atoms with E-state index in [-0.39, 0.29) is 5.91 Å². The molecule has 1 aromatic rings. The first-order valence-electron chi connectivity index (χ1n) is 8.17. The molecule has 1 aliphatic heterocycles. The van der Waals surface area contributed by atoms with Gasteiger partial charge in [-0.05, 0) is 45.2 Å². The van der Waals surface area contributed by atoms with Crippen molar-refractivity contribution in [3.05, 3.63) is 34.3 Å². The Labute approximate surface area is 152 Å². The lowest BCUT2D eigenvalue weighted by Crippen LogP contribution is -2.47. The third kappa shape index (κ3) is 4.72. The standard InChI is InChI=1S/C18H25BrN2O3/c1-18(2,3)24-17(23)21-11-7-10-15(21)16(22)20(4)12-13-8-5-6-9-14(13)19/h5-6,8-9,15H,7,10-12H2,1-4H3/t15-/m1/s1. The third-order valence-electron chi connectivity index (χ3n) is 3.91. The zero-order valence-corrected chi connectivity index (χ0v) is 16.3. The number of ether oxygens (including phenoxy) is 1. The van der Waals surface area contributed by atoms with Crippen LogP contribution in [0.3, 0.4) is 0 Å². The fraction of sp³-hybridized carbons (Fsp3) is 0.556. The second kappa shape index (κ2) is 7.55. The number of carbonyl (C=O) groups is 2. The number of carbonyl (C=O) groups excluding carboxylic acids is 2. The monoisotopic (exact) mass is 396 g/mol. The summed E-state index contributed by atoms with van der Waals surface area (Å²) >= 11 is 3.50. The number of amides is 2. The van der Waals surface area contributed by atoms with E-state index in [1.54, 1.807) is 16.8 Å². The molecular weight excluding hydrogens is 372 g/mol. The van der Waals surface area contributed by atoms with Gasteiger partial charge in [0.15, 0.2) is 0 Å². The van der Waals surface area contributed by atoms with Gasteiger partial charge >= 0.3 is 6.09 Å². The van der Waals surface area contributed by atoms with Crippen LogP contribution in [-0.4, -0.2) is 47.0 Å². The number of benzene rings is 1. The second-order valence-corrected chi connectivity index (χ2v) is 7.97. The van der Waals surface area contributed by atoms with Crippen molar-refractivity contribution in [2.24, 2.45) is 0 Å². The SMILES string of the molecule is CN(Cc1ccccc1Br)C(=O)[C@H]1CCCN1C(=O)OC(C)(C)C. The first kappa shape index (κ1) is 18.8. The van der Waals surface area contributed by atoms with Gasteiger partial charge < -0.3 is 9.64 Å². The van der Waals surface area contributed by atoms with E-state index in [2.05, 4.69) is 15.9 Å². The Morgan fingerprint density at radius 2 is 2.00 bits per heavy atom. The molecule has 0 radical (unpaired) electrons. The first-order valence-corrected chi connectivity index (χ1v) is 8.96. The zero-order valence-electron chi connectivity index (χ0n) is 14.7. The highest BCUT2D eigenvalue weighted by atomic mass is 79.9. The molecule has 0 aliphatic carbocycles. The molecule has 1 heterocycles. The van der Waals surface area contributed by atoms with Gasteiger partial charge in [-0.25, -0.2) is 4.79 Å². The number of hydrogen-bond acceptors (Lipinski definition) is 3. The molecule has 0 saturated carbocycles. The lowest BCUT2D eigenvalue weighted by Gasteiger charge is -2.30. The smallest absolute Gasteiger partial charge is 0.410 e. The van der Waals surface area contributed by atoms with Crippen LogP contribution < -0.4 is 0 Å². The Kier molecular flexibility index (Phi) is 5.91. The predicted octanol–water partition coefficient (Wildman–Crippen LogP) is 3.81. The van der Waals surface area contributed by atoms with Gasteiger partial charge in [-0.1, -0.05) is 34.1 Å². The Morgan fingerprint density at radius 3 is 2.62 bits per heavy atom. The van der Waals surface area contributed by atoms with Crippen molar-refractivity contribution >= 4 is 27.9 Å². The number of rotatable bonds is 3. The fourth-order valence-electron chi connectivity index (χ4n) is 2.78. The summed E-state index contributed by atoms with van der Waals surface area (Å²) in [5.74, 6) is -0.0471. The van der Waals surface area contributed by atoms with Crippen LogP contribution in [-0.2, 0) is 16.1 Å². The maximum absolute atomic E-state index is 12.8. The van der Waals surface area contributed by atoms with Gasteiger partial charge in [-0.3, -0.25) is 9.69 Å². The predicted molar refractivity (Wildman–Crippen MR) is 96.6 cm³/mol. The number of hydrogen-bond donors (Lipinski definition) is 0. The molecule has 24 heavy (non-hydrogen) atoms. The van der Waals surface area contributed by atoms with E-state index in [4.69, 9.17) is 4.74 Å². The van der Waals surface area contributed by atoms with Gasteiger partial charge in [0.25, 0.3) is 0 Å². The average Bonchev–Trinajstić information content (AvgIpc) is 2.96. The van der Waals surface area contributed by atoms with Crippen molar-refractivity contribution in [1.82, 2.24) is 9.80 Å². The summed E-state index contributed by atoms with van der Waals surface area (Å²) in [5, 5.41) is 0. The number of halogens is 1. The molecule has 0 unspecified atom stereocenters. The molecule has 1 atom stereocenters. The number of likely N-dealkylation sites (tertiary alicyclic amines) is 1. The van der Waals surface area contributed by atoms with Crippen LogP contribution in [0.2, 0.25) is 0 Å². The van der Waals surface area contributed by atoms with Crippen molar-refractivity contribution in [3.63, 3.8) is 0 Å². The van der Waals surface area contributed by atoms with Crippen LogP contribution in [0.25, 0.3) is 0 Å². The summed E-state index contributed by atoms with van der Waals surface area (Å²) in [6.07, 6.45) is 1.09. The number of nitrogens with zero attached hydrogens (tertiary/aromatic N) is 2. The van der Waals surface area contributed by atoms with Crippen molar-refractivity contribution in [2.45, 2.75) is 51.8 Å². The van der Waals surface area contributed by atoms with E-state index < -0.39 is 17.7 Å². The van der Waals surface area contributed by atoms with Crippen LogP contribution >= 0.6 is 15.9 Å². The molecule has 0 aromatic heterocycles. The van der Waals surface area contributed by atoms with Gasteiger partial charge in [0.1, 0.15) is 11.6 Å². The highest BCUT2D eigenvalue weighted by Gasteiger charge is 2.37. The molecule has 2 amide bonds. The maximum Gasteiger partial charge on any atom is 0.410 e. The Bertz CT molecular complexity index is 613. The topological polar surface area (TPSA) is 49.9 Å². The summed E-state index contributed by atoms with van der Waals surface area (Å²) in [5.41, 5.74) is 0.476.